The molecule has 3 rings (SSSR count). The Labute approximate surface area is 112 Å². The summed E-state index contributed by atoms with van der Waals surface area (Å²) in [5, 5.41) is 16.1. The molecule has 1 saturated heterocycles. The molecule has 0 unspecified atom stereocenters. The lowest BCUT2D eigenvalue weighted by Gasteiger charge is -2.30. The van der Waals surface area contributed by atoms with Crippen molar-refractivity contribution in [2.45, 2.75) is 18.9 Å². The molecule has 0 atom stereocenters. The molecule has 3 N–H and O–H groups in total. The quantitative estimate of drug-likeness (QED) is 0.709. The van der Waals surface area contributed by atoms with E-state index in [4.69, 9.17) is 0 Å². The number of carbonyl (C=O) groups is 1. The number of benzene rings is 1. The second-order valence-electron chi connectivity index (χ2n) is 5.14. The minimum atomic E-state index is -0.251. The highest BCUT2D eigenvalue weighted by Gasteiger charge is 2.23. The molecule has 19 heavy (non-hydrogen) atoms. The minimum Gasteiger partial charge on any atom is -0.393 e. The van der Waals surface area contributed by atoms with Crippen LogP contribution in [0.3, 0.4) is 0 Å². The van der Waals surface area contributed by atoms with Gasteiger partial charge in [0, 0.05) is 31.7 Å². The number of amides is 1. The third-order valence-electron chi connectivity index (χ3n) is 3.77. The predicted octanol–water partition coefficient (Wildman–Crippen LogP) is 1.12. The molecule has 1 fully saturated rings. The number of nitrogens with zero attached hydrogens (tertiary/aromatic N) is 1. The van der Waals surface area contributed by atoms with Gasteiger partial charge in [-0.1, -0.05) is 0 Å². The van der Waals surface area contributed by atoms with E-state index in [1.807, 2.05) is 23.1 Å². The monoisotopic (exact) mass is 261 g/mol. The fourth-order valence-corrected chi connectivity index (χ4v) is 2.62. The Morgan fingerprint density at radius 1 is 1.16 bits per heavy atom. The van der Waals surface area contributed by atoms with Gasteiger partial charge in [-0.3, -0.25) is 4.79 Å². The number of hydrogen-bond acceptors (Lipinski definition) is 4. The van der Waals surface area contributed by atoms with Crippen molar-refractivity contribution in [3.05, 3.63) is 23.8 Å². The zero-order valence-corrected chi connectivity index (χ0v) is 10.9. The van der Waals surface area contributed by atoms with Crippen LogP contribution in [-0.2, 0) is 0 Å². The van der Waals surface area contributed by atoms with Crippen LogP contribution in [0.2, 0.25) is 0 Å². The first-order chi connectivity index (χ1) is 9.24. The zero-order chi connectivity index (χ0) is 13.2. The second kappa shape index (κ2) is 5.09. The van der Waals surface area contributed by atoms with E-state index < -0.39 is 0 Å². The maximum Gasteiger partial charge on any atom is 0.253 e. The van der Waals surface area contributed by atoms with Crippen molar-refractivity contribution in [2.75, 3.05) is 36.8 Å². The number of aliphatic hydroxyl groups excluding tert-OH is 1. The SMILES string of the molecule is O=C(c1ccc2c(c1)NCCN2)N1CCC(O)CC1. The van der Waals surface area contributed by atoms with E-state index in [-0.39, 0.29) is 12.0 Å². The van der Waals surface area contributed by atoms with Gasteiger partial charge < -0.3 is 20.6 Å². The van der Waals surface area contributed by atoms with Gasteiger partial charge in [-0.05, 0) is 31.0 Å². The summed E-state index contributed by atoms with van der Waals surface area (Å²) in [5.41, 5.74) is 2.76. The molecule has 2 aliphatic heterocycles. The Kier molecular flexibility index (Phi) is 3.29. The van der Waals surface area contributed by atoms with Gasteiger partial charge >= 0.3 is 0 Å². The lowest BCUT2D eigenvalue weighted by Crippen LogP contribution is -2.40. The van der Waals surface area contributed by atoms with E-state index in [1.165, 1.54) is 0 Å². The standard InChI is InChI=1S/C14H19N3O2/c18-11-3-7-17(8-4-11)14(19)10-1-2-12-13(9-10)16-6-5-15-12/h1-2,9,11,15-16,18H,3-8H2. The number of aliphatic hydroxyl groups is 1. The van der Waals surface area contributed by atoms with Gasteiger partial charge in [-0.2, -0.15) is 0 Å². The van der Waals surface area contributed by atoms with Crippen LogP contribution in [0.4, 0.5) is 11.4 Å². The van der Waals surface area contributed by atoms with Crippen LogP contribution in [-0.4, -0.2) is 48.2 Å². The number of piperidine rings is 1. The minimum absolute atomic E-state index is 0.0575. The van der Waals surface area contributed by atoms with Crippen molar-refractivity contribution in [1.29, 1.82) is 0 Å². The van der Waals surface area contributed by atoms with Crippen LogP contribution in [0, 0.1) is 0 Å². The van der Waals surface area contributed by atoms with E-state index in [9.17, 15) is 9.90 Å². The molecule has 5 heteroatoms. The van der Waals surface area contributed by atoms with Crippen molar-refractivity contribution in [3.8, 4) is 0 Å². The number of rotatable bonds is 1. The first-order valence-electron chi connectivity index (χ1n) is 6.83. The van der Waals surface area contributed by atoms with Gasteiger partial charge in [-0.15, -0.1) is 0 Å². The Hall–Kier alpha value is -1.75. The molecule has 0 aromatic heterocycles. The molecule has 102 valence electrons. The van der Waals surface area contributed by atoms with Crippen molar-refractivity contribution in [3.63, 3.8) is 0 Å². The molecule has 0 aliphatic carbocycles. The topological polar surface area (TPSA) is 64.6 Å². The van der Waals surface area contributed by atoms with Crippen molar-refractivity contribution < 1.29 is 9.90 Å². The number of hydrogen-bond donors (Lipinski definition) is 3. The molecule has 0 bridgehead atoms. The maximum atomic E-state index is 12.4. The third-order valence-corrected chi connectivity index (χ3v) is 3.77. The average Bonchev–Trinajstić information content (AvgIpc) is 2.47. The lowest BCUT2D eigenvalue weighted by molar-refractivity contribution is 0.0546. The Morgan fingerprint density at radius 2 is 1.84 bits per heavy atom. The largest absolute Gasteiger partial charge is 0.393 e. The van der Waals surface area contributed by atoms with E-state index in [1.54, 1.807) is 0 Å². The van der Waals surface area contributed by atoms with Gasteiger partial charge in [0.1, 0.15) is 0 Å². The normalized spacial score (nSPS) is 19.3. The summed E-state index contributed by atoms with van der Waals surface area (Å²) in [6.07, 6.45) is 1.10. The summed E-state index contributed by atoms with van der Waals surface area (Å²) in [7, 11) is 0. The summed E-state index contributed by atoms with van der Waals surface area (Å²) in [4.78, 5) is 14.2. The highest BCUT2D eigenvalue weighted by molar-refractivity contribution is 5.96. The summed E-state index contributed by atoms with van der Waals surface area (Å²) in [6, 6.07) is 5.73. The van der Waals surface area contributed by atoms with Crippen LogP contribution >= 0.6 is 0 Å². The molecule has 1 aromatic rings. The molecule has 2 aliphatic rings. The summed E-state index contributed by atoms with van der Waals surface area (Å²) in [6.45, 7) is 3.07. The predicted molar refractivity (Wildman–Crippen MR) is 74.6 cm³/mol. The molecule has 1 amide bonds. The molecule has 5 nitrogen and oxygen atoms in total. The van der Waals surface area contributed by atoms with Crippen LogP contribution in [0.25, 0.3) is 0 Å². The van der Waals surface area contributed by atoms with Gasteiger partial charge in [-0.25, -0.2) is 0 Å². The molecule has 0 saturated carbocycles. The molecule has 1 aromatic carbocycles. The van der Waals surface area contributed by atoms with Gasteiger partial charge in [0.05, 0.1) is 17.5 Å². The molecular weight excluding hydrogens is 242 g/mol. The zero-order valence-electron chi connectivity index (χ0n) is 10.9. The number of anilines is 2. The van der Waals surface area contributed by atoms with Crippen molar-refractivity contribution in [2.24, 2.45) is 0 Å². The van der Waals surface area contributed by atoms with Crippen LogP contribution in [0.5, 0.6) is 0 Å². The fourth-order valence-electron chi connectivity index (χ4n) is 2.62. The van der Waals surface area contributed by atoms with E-state index in [0.717, 1.165) is 24.5 Å². The van der Waals surface area contributed by atoms with E-state index >= 15 is 0 Å². The van der Waals surface area contributed by atoms with Crippen LogP contribution in [0.1, 0.15) is 23.2 Å². The van der Waals surface area contributed by atoms with Crippen LogP contribution < -0.4 is 10.6 Å². The number of carbonyl (C=O) groups excluding carboxylic acids is 1. The van der Waals surface area contributed by atoms with Gasteiger partial charge in [0.15, 0.2) is 0 Å². The Bertz CT molecular complexity index is 482. The average molecular weight is 261 g/mol. The molecular formula is C14H19N3O2. The number of likely N-dealkylation sites (tertiary alicyclic amines) is 1. The summed E-state index contributed by atoms with van der Waals surface area (Å²) in [5.74, 6) is 0.0575. The van der Waals surface area contributed by atoms with Crippen molar-refractivity contribution in [1.82, 2.24) is 4.90 Å². The number of fused-ring (bicyclic) bond motifs is 1. The molecule has 0 spiro atoms. The Morgan fingerprint density at radius 3 is 2.58 bits per heavy atom. The Balaban J connectivity index is 1.76. The van der Waals surface area contributed by atoms with E-state index in [2.05, 4.69) is 10.6 Å². The third kappa shape index (κ3) is 2.51. The lowest BCUT2D eigenvalue weighted by atomic mass is 10.1. The smallest absolute Gasteiger partial charge is 0.253 e. The fraction of sp³-hybridized carbons (Fsp3) is 0.500. The van der Waals surface area contributed by atoms with Gasteiger partial charge in [0.2, 0.25) is 0 Å². The van der Waals surface area contributed by atoms with E-state index in [0.29, 0.717) is 31.5 Å². The van der Waals surface area contributed by atoms with Gasteiger partial charge in [0.25, 0.3) is 5.91 Å². The first kappa shape index (κ1) is 12.3. The molecule has 2 heterocycles. The van der Waals surface area contributed by atoms with Crippen LogP contribution in [0.15, 0.2) is 18.2 Å². The number of nitrogens with one attached hydrogen (secondary N) is 2. The summed E-state index contributed by atoms with van der Waals surface area (Å²) < 4.78 is 0. The van der Waals surface area contributed by atoms with Crippen molar-refractivity contribution >= 4 is 17.3 Å². The first-order valence-corrected chi connectivity index (χ1v) is 6.83. The second-order valence-corrected chi connectivity index (χ2v) is 5.14. The highest BCUT2D eigenvalue weighted by Crippen LogP contribution is 2.26. The molecule has 0 radical (unpaired) electrons. The summed E-state index contributed by atoms with van der Waals surface area (Å²) >= 11 is 0. The highest BCUT2D eigenvalue weighted by atomic mass is 16.3. The maximum absolute atomic E-state index is 12.4.